The highest BCUT2D eigenvalue weighted by atomic mass is 16.5. The van der Waals surface area contributed by atoms with Crippen LogP contribution in [-0.4, -0.2) is 48.1 Å². The molecule has 1 aromatic heterocycles. The number of carbonyl (C=O) groups excluding carboxylic acids is 1. The maximum Gasteiger partial charge on any atom is 0.252 e. The predicted molar refractivity (Wildman–Crippen MR) is 126 cm³/mol. The van der Waals surface area contributed by atoms with Crippen molar-refractivity contribution in [2.24, 2.45) is 0 Å². The molecule has 0 unspecified atom stereocenters. The van der Waals surface area contributed by atoms with Crippen LogP contribution in [0.25, 0.3) is 22.2 Å². The zero-order valence-corrected chi connectivity index (χ0v) is 18.4. The molecule has 31 heavy (non-hydrogen) atoms. The highest BCUT2D eigenvalue weighted by molar-refractivity contribution is 6.07. The van der Waals surface area contributed by atoms with Gasteiger partial charge in [0.25, 0.3) is 5.91 Å². The molecule has 2 heterocycles. The summed E-state index contributed by atoms with van der Waals surface area (Å²) in [5.41, 5.74) is 3.24. The molecule has 5 nitrogen and oxygen atoms in total. The van der Waals surface area contributed by atoms with Crippen LogP contribution in [0.1, 0.15) is 43.5 Å². The number of nitrogens with one attached hydrogen (secondary N) is 1. The van der Waals surface area contributed by atoms with Gasteiger partial charge in [-0.3, -0.25) is 9.69 Å². The molecule has 5 heteroatoms. The van der Waals surface area contributed by atoms with Crippen LogP contribution in [-0.2, 0) is 0 Å². The number of fused-ring (bicyclic) bond motifs is 1. The van der Waals surface area contributed by atoms with Gasteiger partial charge in [0.1, 0.15) is 5.75 Å². The Morgan fingerprint density at radius 3 is 2.74 bits per heavy atom. The Labute approximate surface area is 184 Å². The number of benzene rings is 2. The molecule has 1 saturated heterocycles. The predicted octanol–water partition coefficient (Wildman–Crippen LogP) is 4.90. The summed E-state index contributed by atoms with van der Waals surface area (Å²) in [5.74, 6) is 0.785. The summed E-state index contributed by atoms with van der Waals surface area (Å²) in [6.45, 7) is 7.54. The summed E-state index contributed by atoms with van der Waals surface area (Å²) in [7, 11) is 0. The first kappa shape index (κ1) is 21.3. The van der Waals surface area contributed by atoms with E-state index in [0.29, 0.717) is 24.8 Å². The molecular formula is C26H31N3O2. The largest absolute Gasteiger partial charge is 0.494 e. The number of pyridine rings is 1. The molecule has 162 valence electrons. The fraction of sp³-hybridized carbons (Fsp3) is 0.385. The Morgan fingerprint density at radius 1 is 1.16 bits per heavy atom. The molecule has 4 rings (SSSR count). The fourth-order valence-corrected chi connectivity index (χ4v) is 4.30. The third-order valence-electron chi connectivity index (χ3n) is 6.05. The van der Waals surface area contributed by atoms with Crippen molar-refractivity contribution >= 4 is 16.8 Å². The van der Waals surface area contributed by atoms with Crippen molar-refractivity contribution in [2.75, 3.05) is 26.2 Å². The van der Waals surface area contributed by atoms with Gasteiger partial charge in [-0.15, -0.1) is 0 Å². The van der Waals surface area contributed by atoms with Crippen molar-refractivity contribution in [3.05, 3.63) is 60.2 Å². The van der Waals surface area contributed by atoms with Gasteiger partial charge in [-0.25, -0.2) is 4.98 Å². The van der Waals surface area contributed by atoms with E-state index in [0.717, 1.165) is 41.0 Å². The lowest BCUT2D eigenvalue weighted by Gasteiger charge is -2.33. The Bertz CT molecular complexity index is 1030. The minimum absolute atomic E-state index is 0.0459. The lowest BCUT2D eigenvalue weighted by atomic mass is 10.0. The number of amides is 1. The number of rotatable bonds is 7. The number of ether oxygens (including phenoxy) is 1. The van der Waals surface area contributed by atoms with Crippen LogP contribution in [0.15, 0.2) is 54.6 Å². The summed E-state index contributed by atoms with van der Waals surface area (Å²) >= 11 is 0. The Hall–Kier alpha value is -2.92. The van der Waals surface area contributed by atoms with Crippen LogP contribution in [0.5, 0.6) is 5.75 Å². The van der Waals surface area contributed by atoms with E-state index in [9.17, 15) is 4.79 Å². The lowest BCUT2D eigenvalue weighted by molar-refractivity contribution is 0.0940. The van der Waals surface area contributed by atoms with Gasteiger partial charge in [0.05, 0.1) is 23.4 Å². The molecule has 2 aromatic carbocycles. The van der Waals surface area contributed by atoms with Gasteiger partial charge < -0.3 is 10.1 Å². The summed E-state index contributed by atoms with van der Waals surface area (Å²) in [6, 6.07) is 18.2. The Kier molecular flexibility index (Phi) is 6.82. The van der Waals surface area contributed by atoms with Crippen molar-refractivity contribution in [3.63, 3.8) is 0 Å². The zero-order chi connectivity index (χ0) is 21.6. The second-order valence-corrected chi connectivity index (χ2v) is 8.17. The lowest BCUT2D eigenvalue weighted by Crippen LogP contribution is -2.42. The van der Waals surface area contributed by atoms with Gasteiger partial charge in [-0.05, 0) is 69.6 Å². The van der Waals surface area contributed by atoms with E-state index >= 15 is 0 Å². The van der Waals surface area contributed by atoms with Crippen LogP contribution < -0.4 is 10.1 Å². The number of para-hydroxylation sites is 1. The van der Waals surface area contributed by atoms with E-state index in [1.54, 1.807) is 0 Å². The highest BCUT2D eigenvalue weighted by Gasteiger charge is 2.18. The summed E-state index contributed by atoms with van der Waals surface area (Å²) in [6.07, 6.45) is 3.80. The van der Waals surface area contributed by atoms with Crippen molar-refractivity contribution in [2.45, 2.75) is 39.2 Å². The molecule has 1 atom stereocenters. The van der Waals surface area contributed by atoms with Crippen LogP contribution in [0, 0.1) is 0 Å². The van der Waals surface area contributed by atoms with Crippen molar-refractivity contribution in [3.8, 4) is 17.0 Å². The second kappa shape index (κ2) is 9.92. The average Bonchev–Trinajstić information content (AvgIpc) is 2.80. The number of nitrogens with zero attached hydrogens (tertiary/aromatic N) is 2. The number of likely N-dealkylation sites (tertiary alicyclic amines) is 1. The van der Waals surface area contributed by atoms with Crippen LogP contribution >= 0.6 is 0 Å². The van der Waals surface area contributed by atoms with Gasteiger partial charge in [-0.2, -0.15) is 0 Å². The van der Waals surface area contributed by atoms with Crippen molar-refractivity contribution in [1.82, 2.24) is 15.2 Å². The number of aromatic nitrogens is 1. The first-order chi connectivity index (χ1) is 15.2. The molecule has 1 amide bonds. The maximum absolute atomic E-state index is 13.1. The Balaban J connectivity index is 1.55. The number of hydrogen-bond donors (Lipinski definition) is 1. The van der Waals surface area contributed by atoms with Crippen LogP contribution in [0.4, 0.5) is 0 Å². The van der Waals surface area contributed by atoms with Crippen molar-refractivity contribution in [1.29, 1.82) is 0 Å². The zero-order valence-electron chi connectivity index (χ0n) is 18.4. The molecule has 0 aliphatic carbocycles. The molecule has 0 saturated carbocycles. The standard InChI is InChI=1S/C26H31N3O2/c1-3-31-21-13-11-20(12-14-21)25-18-23(22-9-4-5-10-24(22)28-25)26(30)27-15-17-29-16-7-6-8-19(29)2/h4-5,9-14,18-19H,3,6-8,15-17H2,1-2H3,(H,27,30)/t19-/m0/s1. The van der Waals surface area contributed by atoms with E-state index in [2.05, 4.69) is 17.1 Å². The number of carbonyl (C=O) groups is 1. The van der Waals surface area contributed by atoms with Crippen LogP contribution in [0.2, 0.25) is 0 Å². The fourth-order valence-electron chi connectivity index (χ4n) is 4.30. The first-order valence-corrected chi connectivity index (χ1v) is 11.3. The molecule has 3 aromatic rings. The van der Waals surface area contributed by atoms with E-state index < -0.39 is 0 Å². The molecule has 1 aliphatic rings. The van der Waals surface area contributed by atoms with Gasteiger partial charge in [0.2, 0.25) is 0 Å². The SMILES string of the molecule is CCOc1ccc(-c2cc(C(=O)NCCN3CCCC[C@@H]3C)c3ccccc3n2)cc1. The molecule has 1 N–H and O–H groups in total. The van der Waals surface area contributed by atoms with Crippen molar-refractivity contribution < 1.29 is 9.53 Å². The smallest absolute Gasteiger partial charge is 0.252 e. The molecule has 1 fully saturated rings. The minimum atomic E-state index is -0.0459. The van der Waals surface area contributed by atoms with E-state index in [1.165, 1.54) is 19.3 Å². The average molecular weight is 418 g/mol. The monoisotopic (exact) mass is 417 g/mol. The number of piperidine rings is 1. The molecule has 0 spiro atoms. The molecular weight excluding hydrogens is 386 g/mol. The van der Waals surface area contributed by atoms with E-state index in [1.807, 2.05) is 61.5 Å². The van der Waals surface area contributed by atoms with Gasteiger partial charge in [0.15, 0.2) is 0 Å². The molecule has 1 aliphatic heterocycles. The van der Waals surface area contributed by atoms with Gasteiger partial charge >= 0.3 is 0 Å². The third kappa shape index (κ3) is 5.05. The molecule has 0 bridgehead atoms. The quantitative estimate of drug-likeness (QED) is 0.594. The van der Waals surface area contributed by atoms with Gasteiger partial charge in [-0.1, -0.05) is 24.6 Å². The number of hydrogen-bond acceptors (Lipinski definition) is 4. The summed E-state index contributed by atoms with van der Waals surface area (Å²) in [5, 5.41) is 4.01. The second-order valence-electron chi connectivity index (χ2n) is 8.17. The summed E-state index contributed by atoms with van der Waals surface area (Å²) in [4.78, 5) is 20.4. The third-order valence-corrected chi connectivity index (χ3v) is 6.05. The highest BCUT2D eigenvalue weighted by Crippen LogP contribution is 2.26. The topological polar surface area (TPSA) is 54.5 Å². The molecule has 0 radical (unpaired) electrons. The van der Waals surface area contributed by atoms with E-state index in [4.69, 9.17) is 9.72 Å². The van der Waals surface area contributed by atoms with Crippen LogP contribution in [0.3, 0.4) is 0 Å². The first-order valence-electron chi connectivity index (χ1n) is 11.3. The van der Waals surface area contributed by atoms with E-state index in [-0.39, 0.29) is 5.91 Å². The normalized spacial score (nSPS) is 16.9. The minimum Gasteiger partial charge on any atom is -0.494 e. The Morgan fingerprint density at radius 2 is 1.97 bits per heavy atom. The summed E-state index contributed by atoms with van der Waals surface area (Å²) < 4.78 is 5.54. The van der Waals surface area contributed by atoms with Gasteiger partial charge in [0, 0.05) is 30.1 Å². The maximum atomic E-state index is 13.1.